The van der Waals surface area contributed by atoms with Crippen molar-refractivity contribution in [1.29, 1.82) is 0 Å². The van der Waals surface area contributed by atoms with Gasteiger partial charge in [0.2, 0.25) is 5.91 Å². The van der Waals surface area contributed by atoms with Crippen LogP contribution in [-0.2, 0) is 24.2 Å². The van der Waals surface area contributed by atoms with Gasteiger partial charge in [0, 0.05) is 43.8 Å². The summed E-state index contributed by atoms with van der Waals surface area (Å²) in [5.41, 5.74) is 3.48. The minimum atomic E-state index is 0.176. The third-order valence-electron chi connectivity index (χ3n) is 3.35. The average Bonchev–Trinajstić information content (AvgIpc) is 2.87. The molecule has 0 fully saturated rings. The lowest BCUT2D eigenvalue weighted by Crippen LogP contribution is -2.36. The molecule has 0 aliphatic carbocycles. The molecule has 1 aliphatic heterocycles. The molecule has 4 nitrogen and oxygen atoms in total. The van der Waals surface area contributed by atoms with Crippen LogP contribution in [0.2, 0.25) is 0 Å². The molecule has 1 amide bonds. The highest BCUT2D eigenvalue weighted by molar-refractivity contribution is 5.79. The molecule has 0 saturated carbocycles. The van der Waals surface area contributed by atoms with Crippen molar-refractivity contribution in [3.63, 3.8) is 0 Å². The van der Waals surface area contributed by atoms with E-state index < -0.39 is 0 Å². The van der Waals surface area contributed by atoms with Crippen molar-refractivity contribution in [2.24, 2.45) is 0 Å². The predicted molar refractivity (Wildman–Crippen MR) is 67.9 cm³/mol. The third-order valence-corrected chi connectivity index (χ3v) is 3.35. The van der Waals surface area contributed by atoms with Crippen molar-refractivity contribution in [1.82, 2.24) is 14.9 Å². The van der Waals surface area contributed by atoms with E-state index in [9.17, 15) is 4.79 Å². The zero-order chi connectivity index (χ0) is 12.4. The molecule has 0 spiro atoms. The largest absolute Gasteiger partial charge is 0.365 e. The number of hydrogen-bond acceptors (Lipinski definition) is 2. The minimum Gasteiger partial charge on any atom is -0.365 e. The zero-order valence-electron chi connectivity index (χ0n) is 10.1. The van der Waals surface area contributed by atoms with Crippen LogP contribution in [0.3, 0.4) is 0 Å². The molecule has 18 heavy (non-hydrogen) atoms. The number of aromatic nitrogens is 2. The highest BCUT2D eigenvalue weighted by Crippen LogP contribution is 2.18. The first kappa shape index (κ1) is 11.0. The molecule has 0 unspecified atom stereocenters. The second kappa shape index (κ2) is 4.64. The second-order valence-corrected chi connectivity index (χ2v) is 4.58. The van der Waals surface area contributed by atoms with Gasteiger partial charge in [-0.25, -0.2) is 0 Å². The maximum Gasteiger partial charge on any atom is 0.227 e. The molecule has 0 radical (unpaired) electrons. The summed E-state index contributed by atoms with van der Waals surface area (Å²) in [7, 11) is 0. The van der Waals surface area contributed by atoms with Crippen molar-refractivity contribution < 1.29 is 4.79 Å². The van der Waals surface area contributed by atoms with Gasteiger partial charge in [-0.15, -0.1) is 0 Å². The highest BCUT2D eigenvalue weighted by Gasteiger charge is 2.21. The van der Waals surface area contributed by atoms with Gasteiger partial charge in [-0.3, -0.25) is 9.78 Å². The Morgan fingerprint density at radius 2 is 2.39 bits per heavy atom. The second-order valence-electron chi connectivity index (χ2n) is 4.58. The normalized spacial score (nSPS) is 14.3. The van der Waals surface area contributed by atoms with E-state index in [2.05, 4.69) is 16.0 Å². The zero-order valence-corrected chi connectivity index (χ0v) is 10.1. The molecule has 2 aromatic heterocycles. The molecule has 0 aromatic carbocycles. The van der Waals surface area contributed by atoms with Crippen molar-refractivity contribution in [3.05, 3.63) is 53.6 Å². The molecule has 92 valence electrons. The van der Waals surface area contributed by atoms with E-state index in [-0.39, 0.29) is 5.91 Å². The lowest BCUT2D eigenvalue weighted by molar-refractivity contribution is -0.131. The number of carbonyl (C=O) groups is 1. The van der Waals surface area contributed by atoms with Gasteiger partial charge in [-0.1, -0.05) is 6.07 Å². The molecule has 3 heterocycles. The lowest BCUT2D eigenvalue weighted by atomic mass is 10.1. The van der Waals surface area contributed by atoms with Gasteiger partial charge >= 0.3 is 0 Å². The van der Waals surface area contributed by atoms with Crippen LogP contribution >= 0.6 is 0 Å². The summed E-state index contributed by atoms with van der Waals surface area (Å²) in [5, 5.41) is 0. The van der Waals surface area contributed by atoms with Gasteiger partial charge in [0.15, 0.2) is 0 Å². The number of nitrogens with zero attached hydrogens (tertiary/aromatic N) is 2. The number of amides is 1. The SMILES string of the molecule is O=C(Cc1cccnc1)N1CCc2[nH]ccc2C1. The number of hydrogen-bond donors (Lipinski definition) is 1. The molecule has 0 bridgehead atoms. The first-order valence-electron chi connectivity index (χ1n) is 6.15. The number of aromatic amines is 1. The summed E-state index contributed by atoms with van der Waals surface area (Å²) < 4.78 is 0. The maximum absolute atomic E-state index is 12.2. The number of pyridine rings is 1. The van der Waals surface area contributed by atoms with E-state index in [0.29, 0.717) is 6.42 Å². The van der Waals surface area contributed by atoms with Crippen molar-refractivity contribution in [3.8, 4) is 0 Å². The summed E-state index contributed by atoms with van der Waals surface area (Å²) in [6, 6.07) is 5.86. The molecule has 0 atom stereocenters. The number of nitrogens with one attached hydrogen (secondary N) is 1. The Kier molecular flexibility index (Phi) is 2.84. The van der Waals surface area contributed by atoms with Crippen LogP contribution in [0.1, 0.15) is 16.8 Å². The molecule has 1 aliphatic rings. The predicted octanol–water partition coefficient (Wildman–Crippen LogP) is 1.54. The van der Waals surface area contributed by atoms with Gasteiger partial charge in [0.25, 0.3) is 0 Å². The van der Waals surface area contributed by atoms with Crippen LogP contribution in [0.25, 0.3) is 0 Å². The number of rotatable bonds is 2. The van der Waals surface area contributed by atoms with Crippen LogP contribution in [-0.4, -0.2) is 27.3 Å². The van der Waals surface area contributed by atoms with Gasteiger partial charge in [0.05, 0.1) is 6.42 Å². The third kappa shape index (κ3) is 2.14. The van der Waals surface area contributed by atoms with E-state index in [1.807, 2.05) is 23.2 Å². The van der Waals surface area contributed by atoms with E-state index in [0.717, 1.165) is 25.1 Å². The maximum atomic E-state index is 12.2. The van der Waals surface area contributed by atoms with Gasteiger partial charge < -0.3 is 9.88 Å². The standard InChI is InChI=1S/C14H15N3O/c18-14(8-11-2-1-5-15-9-11)17-7-4-13-12(10-17)3-6-16-13/h1-3,5-6,9,16H,4,7-8,10H2. The number of fused-ring (bicyclic) bond motifs is 1. The Morgan fingerprint density at radius 1 is 1.44 bits per heavy atom. The summed E-state index contributed by atoms with van der Waals surface area (Å²) in [6.07, 6.45) is 6.78. The van der Waals surface area contributed by atoms with Gasteiger partial charge in [-0.2, -0.15) is 0 Å². The topological polar surface area (TPSA) is 49.0 Å². The van der Waals surface area contributed by atoms with E-state index in [1.54, 1.807) is 12.4 Å². The molecular weight excluding hydrogens is 226 g/mol. The Labute approximate surface area is 106 Å². The van der Waals surface area contributed by atoms with Crippen molar-refractivity contribution >= 4 is 5.91 Å². The Balaban J connectivity index is 1.68. The molecular formula is C14H15N3O. The molecule has 2 aromatic rings. The smallest absolute Gasteiger partial charge is 0.227 e. The van der Waals surface area contributed by atoms with Crippen LogP contribution in [0.5, 0.6) is 0 Å². The molecule has 0 saturated heterocycles. The van der Waals surface area contributed by atoms with E-state index >= 15 is 0 Å². The summed E-state index contributed by atoms with van der Waals surface area (Å²) in [4.78, 5) is 21.4. The average molecular weight is 241 g/mol. The quantitative estimate of drug-likeness (QED) is 0.867. The summed E-state index contributed by atoms with van der Waals surface area (Å²) in [6.45, 7) is 1.52. The minimum absolute atomic E-state index is 0.176. The van der Waals surface area contributed by atoms with Crippen molar-refractivity contribution in [2.45, 2.75) is 19.4 Å². The van der Waals surface area contributed by atoms with Crippen LogP contribution in [0, 0.1) is 0 Å². The van der Waals surface area contributed by atoms with E-state index in [4.69, 9.17) is 0 Å². The van der Waals surface area contributed by atoms with Gasteiger partial charge in [-0.05, 0) is 23.3 Å². The molecule has 4 heteroatoms. The van der Waals surface area contributed by atoms with Crippen LogP contribution < -0.4 is 0 Å². The Bertz CT molecular complexity index is 547. The van der Waals surface area contributed by atoms with E-state index in [1.165, 1.54) is 11.3 Å². The molecule has 3 rings (SSSR count). The first-order valence-corrected chi connectivity index (χ1v) is 6.15. The summed E-state index contributed by atoms with van der Waals surface area (Å²) >= 11 is 0. The highest BCUT2D eigenvalue weighted by atomic mass is 16.2. The number of carbonyl (C=O) groups excluding carboxylic acids is 1. The fraction of sp³-hybridized carbons (Fsp3) is 0.286. The monoisotopic (exact) mass is 241 g/mol. The Morgan fingerprint density at radius 3 is 3.22 bits per heavy atom. The fourth-order valence-electron chi connectivity index (χ4n) is 2.35. The number of H-pyrrole nitrogens is 1. The van der Waals surface area contributed by atoms with Crippen LogP contribution in [0.15, 0.2) is 36.8 Å². The summed E-state index contributed by atoms with van der Waals surface area (Å²) in [5.74, 6) is 0.176. The van der Waals surface area contributed by atoms with Crippen LogP contribution in [0.4, 0.5) is 0 Å². The first-order chi connectivity index (χ1) is 8.83. The Hall–Kier alpha value is -2.10. The van der Waals surface area contributed by atoms with Gasteiger partial charge in [0.1, 0.15) is 0 Å². The lowest BCUT2D eigenvalue weighted by Gasteiger charge is -2.27. The fourth-order valence-corrected chi connectivity index (χ4v) is 2.35. The molecule has 1 N–H and O–H groups in total. The van der Waals surface area contributed by atoms with Crippen molar-refractivity contribution in [2.75, 3.05) is 6.54 Å².